The number of aryl methyl sites for hydroxylation is 1. The van der Waals surface area contributed by atoms with E-state index in [2.05, 4.69) is 15.0 Å². The van der Waals surface area contributed by atoms with Crippen molar-refractivity contribution in [2.45, 2.75) is 6.92 Å². The summed E-state index contributed by atoms with van der Waals surface area (Å²) < 4.78 is 0. The third kappa shape index (κ3) is 1.78. The van der Waals surface area contributed by atoms with Crippen molar-refractivity contribution >= 4 is 10.9 Å². The van der Waals surface area contributed by atoms with E-state index in [1.807, 2.05) is 37.3 Å². The maximum Gasteiger partial charge on any atom is 0.345 e. The van der Waals surface area contributed by atoms with Crippen LogP contribution in [0.15, 0.2) is 47.5 Å². The molecule has 3 aromatic rings. The molecule has 2 heterocycles. The van der Waals surface area contributed by atoms with E-state index < -0.39 is 0 Å². The molecule has 0 aliphatic carbocycles. The highest BCUT2D eigenvalue weighted by Gasteiger charge is 2.05. The molecule has 0 amide bonds. The van der Waals surface area contributed by atoms with Crippen LogP contribution in [0.4, 0.5) is 0 Å². The first-order valence-corrected chi connectivity index (χ1v) is 5.65. The Labute approximate surface area is 103 Å². The van der Waals surface area contributed by atoms with Crippen LogP contribution in [0.1, 0.15) is 5.56 Å². The van der Waals surface area contributed by atoms with Crippen LogP contribution in [0.25, 0.3) is 22.2 Å². The Morgan fingerprint density at radius 1 is 1.11 bits per heavy atom. The summed E-state index contributed by atoms with van der Waals surface area (Å²) in [7, 11) is 0. The number of nitrogens with zero attached hydrogens (tertiary/aromatic N) is 2. The first-order chi connectivity index (χ1) is 8.74. The second kappa shape index (κ2) is 4.07. The molecule has 0 saturated carbocycles. The van der Waals surface area contributed by atoms with Gasteiger partial charge in [-0.05, 0) is 24.6 Å². The number of H-pyrrole nitrogens is 1. The molecule has 0 aliphatic heterocycles. The zero-order valence-electron chi connectivity index (χ0n) is 9.84. The van der Waals surface area contributed by atoms with Gasteiger partial charge in [-0.1, -0.05) is 18.2 Å². The SMILES string of the molecule is Cc1cnc(=O)[nH]c1-c1cnc2ccccc2c1. The third-order valence-electron chi connectivity index (χ3n) is 2.88. The summed E-state index contributed by atoms with van der Waals surface area (Å²) in [5.41, 5.74) is 3.18. The van der Waals surface area contributed by atoms with E-state index in [1.54, 1.807) is 12.4 Å². The largest absolute Gasteiger partial charge is 0.345 e. The number of pyridine rings is 1. The quantitative estimate of drug-likeness (QED) is 0.706. The van der Waals surface area contributed by atoms with Crippen LogP contribution >= 0.6 is 0 Å². The van der Waals surface area contributed by atoms with Crippen LogP contribution in [-0.4, -0.2) is 15.0 Å². The Morgan fingerprint density at radius 3 is 2.83 bits per heavy atom. The van der Waals surface area contributed by atoms with Crippen molar-refractivity contribution in [1.29, 1.82) is 0 Å². The van der Waals surface area contributed by atoms with Crippen LogP contribution in [0, 0.1) is 6.92 Å². The number of hydrogen-bond donors (Lipinski definition) is 1. The molecule has 0 spiro atoms. The number of fused-ring (bicyclic) bond motifs is 1. The van der Waals surface area contributed by atoms with Crippen molar-refractivity contribution in [3.63, 3.8) is 0 Å². The van der Waals surface area contributed by atoms with Gasteiger partial charge < -0.3 is 4.98 Å². The number of aromatic nitrogens is 3. The minimum absolute atomic E-state index is 0.344. The van der Waals surface area contributed by atoms with Gasteiger partial charge in [0.05, 0.1) is 11.2 Å². The van der Waals surface area contributed by atoms with E-state index in [-0.39, 0.29) is 5.69 Å². The summed E-state index contributed by atoms with van der Waals surface area (Å²) in [6.45, 7) is 1.91. The summed E-state index contributed by atoms with van der Waals surface area (Å²) in [6.07, 6.45) is 3.34. The van der Waals surface area contributed by atoms with Crippen LogP contribution < -0.4 is 5.69 Å². The van der Waals surface area contributed by atoms with Gasteiger partial charge in [0.15, 0.2) is 0 Å². The lowest BCUT2D eigenvalue weighted by Gasteiger charge is -2.05. The predicted octanol–water partition coefficient (Wildman–Crippen LogP) is 2.29. The number of aromatic amines is 1. The second-order valence-corrected chi connectivity index (χ2v) is 4.16. The Bertz CT molecular complexity index is 777. The van der Waals surface area contributed by atoms with E-state index >= 15 is 0 Å². The zero-order valence-corrected chi connectivity index (χ0v) is 9.84. The molecule has 1 aromatic carbocycles. The smallest absolute Gasteiger partial charge is 0.305 e. The van der Waals surface area contributed by atoms with E-state index in [9.17, 15) is 4.79 Å². The number of para-hydroxylation sites is 1. The molecule has 0 fully saturated rings. The minimum atomic E-state index is -0.344. The van der Waals surface area contributed by atoms with Crippen molar-refractivity contribution in [3.05, 3.63) is 58.8 Å². The van der Waals surface area contributed by atoms with E-state index in [0.717, 1.165) is 27.7 Å². The molecule has 2 aromatic heterocycles. The average molecular weight is 237 g/mol. The number of nitrogens with one attached hydrogen (secondary N) is 1. The third-order valence-corrected chi connectivity index (χ3v) is 2.88. The lowest BCUT2D eigenvalue weighted by atomic mass is 10.1. The molecule has 0 atom stereocenters. The fourth-order valence-electron chi connectivity index (χ4n) is 1.97. The van der Waals surface area contributed by atoms with Gasteiger partial charge in [0.25, 0.3) is 0 Å². The zero-order chi connectivity index (χ0) is 12.5. The Morgan fingerprint density at radius 2 is 1.94 bits per heavy atom. The molecule has 0 aliphatic rings. The van der Waals surface area contributed by atoms with Gasteiger partial charge in [-0.2, -0.15) is 0 Å². The molecule has 18 heavy (non-hydrogen) atoms. The summed E-state index contributed by atoms with van der Waals surface area (Å²) in [4.78, 5) is 22.1. The Kier molecular flexibility index (Phi) is 2.41. The molecule has 0 saturated heterocycles. The highest BCUT2D eigenvalue weighted by Crippen LogP contribution is 2.22. The van der Waals surface area contributed by atoms with Crippen molar-refractivity contribution in [2.24, 2.45) is 0 Å². The topological polar surface area (TPSA) is 58.6 Å². The van der Waals surface area contributed by atoms with E-state index in [4.69, 9.17) is 0 Å². The molecular formula is C14H11N3O. The van der Waals surface area contributed by atoms with Gasteiger partial charge in [-0.15, -0.1) is 0 Å². The molecule has 3 rings (SSSR count). The number of hydrogen-bond acceptors (Lipinski definition) is 3. The van der Waals surface area contributed by atoms with Crippen LogP contribution in [0.5, 0.6) is 0 Å². The highest BCUT2D eigenvalue weighted by molar-refractivity contribution is 5.83. The van der Waals surface area contributed by atoms with Gasteiger partial charge >= 0.3 is 5.69 Å². The molecule has 0 bridgehead atoms. The van der Waals surface area contributed by atoms with Crippen LogP contribution in [0.2, 0.25) is 0 Å². The Balaban J connectivity index is 2.25. The fourth-order valence-corrected chi connectivity index (χ4v) is 1.97. The Hall–Kier alpha value is -2.49. The van der Waals surface area contributed by atoms with Gasteiger partial charge in [0, 0.05) is 23.3 Å². The second-order valence-electron chi connectivity index (χ2n) is 4.16. The summed E-state index contributed by atoms with van der Waals surface area (Å²) in [6, 6.07) is 9.90. The monoisotopic (exact) mass is 237 g/mol. The van der Waals surface area contributed by atoms with Crippen molar-refractivity contribution in [2.75, 3.05) is 0 Å². The molecule has 4 heteroatoms. The summed E-state index contributed by atoms with van der Waals surface area (Å²) in [5, 5.41) is 1.05. The maximum atomic E-state index is 11.3. The van der Waals surface area contributed by atoms with Crippen LogP contribution in [-0.2, 0) is 0 Å². The van der Waals surface area contributed by atoms with Gasteiger partial charge in [-0.25, -0.2) is 9.78 Å². The van der Waals surface area contributed by atoms with Gasteiger partial charge in [0.1, 0.15) is 0 Å². The van der Waals surface area contributed by atoms with Crippen molar-refractivity contribution in [3.8, 4) is 11.3 Å². The van der Waals surface area contributed by atoms with Crippen molar-refractivity contribution < 1.29 is 0 Å². The molecule has 1 N–H and O–H groups in total. The highest BCUT2D eigenvalue weighted by atomic mass is 16.1. The maximum absolute atomic E-state index is 11.3. The molecular weight excluding hydrogens is 226 g/mol. The number of benzene rings is 1. The van der Waals surface area contributed by atoms with Crippen molar-refractivity contribution in [1.82, 2.24) is 15.0 Å². The summed E-state index contributed by atoms with van der Waals surface area (Å²) in [5.74, 6) is 0. The normalized spacial score (nSPS) is 10.7. The standard InChI is InChI=1S/C14H11N3O/c1-9-7-16-14(18)17-13(9)11-6-10-4-2-3-5-12(10)15-8-11/h2-8H,1H3,(H,16,17,18). The molecule has 4 nitrogen and oxygen atoms in total. The van der Waals surface area contributed by atoms with Gasteiger partial charge in [-0.3, -0.25) is 4.98 Å². The number of rotatable bonds is 1. The van der Waals surface area contributed by atoms with Crippen LogP contribution in [0.3, 0.4) is 0 Å². The minimum Gasteiger partial charge on any atom is -0.305 e. The lowest BCUT2D eigenvalue weighted by molar-refractivity contribution is 1.05. The first-order valence-electron chi connectivity index (χ1n) is 5.65. The fraction of sp³-hybridized carbons (Fsp3) is 0.0714. The molecule has 0 radical (unpaired) electrons. The average Bonchev–Trinajstić information content (AvgIpc) is 2.41. The predicted molar refractivity (Wildman–Crippen MR) is 70.3 cm³/mol. The molecule has 88 valence electrons. The summed E-state index contributed by atoms with van der Waals surface area (Å²) >= 11 is 0. The first kappa shape index (κ1) is 10.7. The van der Waals surface area contributed by atoms with E-state index in [0.29, 0.717) is 0 Å². The molecule has 0 unspecified atom stereocenters. The van der Waals surface area contributed by atoms with Gasteiger partial charge in [0.2, 0.25) is 0 Å². The lowest BCUT2D eigenvalue weighted by Crippen LogP contribution is -2.11. The van der Waals surface area contributed by atoms with E-state index in [1.165, 1.54) is 0 Å².